The molecule has 0 radical (unpaired) electrons. The number of furan rings is 1. The molecule has 0 saturated heterocycles. The zero-order chi connectivity index (χ0) is 45.8. The van der Waals surface area contributed by atoms with Gasteiger partial charge in [0.25, 0.3) is 0 Å². The van der Waals surface area contributed by atoms with Crippen molar-refractivity contribution >= 4 is 33.3 Å². The van der Waals surface area contributed by atoms with Crippen LogP contribution in [0.1, 0.15) is 70.2 Å². The number of benzene rings is 9. The average molecular weight is 886 g/mol. The Morgan fingerprint density at radius 2 is 1.04 bits per heavy atom. The average Bonchev–Trinajstić information content (AvgIpc) is 3.94. The molecule has 1 N–H and O–H groups in total. The van der Waals surface area contributed by atoms with Gasteiger partial charge in [-0.25, -0.2) is 19.9 Å². The van der Waals surface area contributed by atoms with Gasteiger partial charge in [0.2, 0.25) is 0 Å². The molecule has 1 atom stereocenters. The second-order valence-corrected chi connectivity index (χ2v) is 18.9. The molecule has 0 bridgehead atoms. The molecule has 3 heterocycles. The standard InChI is InChI=1S/C63H43N5O/c1-62(2)48-26-12-14-28-50(48)63(51-29-15-13-27-49(51)62)47-35-34-43(60-64-55(42-33-32-38-18-9-10-23-41(38)36-42)57-56(65-60)44-24-11-16-31-53(44)69-57)37-46(47)54-45(25-17-30-52(54)63)61-67-58(39-19-5-3-6-20-39)66-59(68-61)40-21-7-4-8-22-40/h3-37,55H,1-2H3,(H,64,65). The fourth-order valence-corrected chi connectivity index (χ4v) is 11.7. The second-order valence-electron chi connectivity index (χ2n) is 18.9. The summed E-state index contributed by atoms with van der Waals surface area (Å²) in [6, 6.07) is 75.3. The van der Waals surface area contributed by atoms with Crippen molar-refractivity contribution in [2.24, 2.45) is 4.99 Å². The summed E-state index contributed by atoms with van der Waals surface area (Å²) < 4.78 is 6.69. The van der Waals surface area contributed by atoms with E-state index in [1.165, 1.54) is 44.2 Å². The smallest absolute Gasteiger partial charge is 0.164 e. The van der Waals surface area contributed by atoms with Crippen LogP contribution in [0.25, 0.3) is 67.0 Å². The van der Waals surface area contributed by atoms with Gasteiger partial charge in [-0.1, -0.05) is 202 Å². The Hall–Kier alpha value is -8.74. The molecule has 326 valence electrons. The minimum Gasteiger partial charge on any atom is -0.456 e. The molecule has 3 aliphatic rings. The number of hydrogen-bond acceptors (Lipinski definition) is 6. The van der Waals surface area contributed by atoms with E-state index in [-0.39, 0.29) is 11.5 Å². The fourth-order valence-electron chi connectivity index (χ4n) is 11.7. The van der Waals surface area contributed by atoms with E-state index in [4.69, 9.17) is 24.4 Å². The highest BCUT2D eigenvalue weighted by atomic mass is 16.3. The molecule has 11 aromatic rings. The normalized spacial score (nSPS) is 15.7. The Morgan fingerprint density at radius 3 is 1.75 bits per heavy atom. The number of nitrogens with one attached hydrogen (secondary N) is 1. The van der Waals surface area contributed by atoms with Gasteiger partial charge in [-0.2, -0.15) is 0 Å². The zero-order valence-electron chi connectivity index (χ0n) is 38.0. The fraction of sp³-hybridized carbons (Fsp3) is 0.0794. The van der Waals surface area contributed by atoms with Crippen LogP contribution in [0.15, 0.2) is 222 Å². The van der Waals surface area contributed by atoms with Gasteiger partial charge in [0.1, 0.15) is 23.1 Å². The van der Waals surface area contributed by atoms with E-state index in [1.54, 1.807) is 0 Å². The molecule has 0 amide bonds. The van der Waals surface area contributed by atoms with E-state index in [2.05, 4.69) is 183 Å². The summed E-state index contributed by atoms with van der Waals surface area (Å²) in [6.07, 6.45) is 0. The van der Waals surface area contributed by atoms with E-state index in [0.717, 1.165) is 67.2 Å². The first-order chi connectivity index (χ1) is 33.9. The van der Waals surface area contributed by atoms with Crippen LogP contribution in [0.4, 0.5) is 5.69 Å². The maximum atomic E-state index is 6.69. The molecule has 6 nitrogen and oxygen atoms in total. The van der Waals surface area contributed by atoms with Crippen molar-refractivity contribution in [2.45, 2.75) is 30.7 Å². The minimum absolute atomic E-state index is 0.244. The third-order valence-electron chi connectivity index (χ3n) is 14.9. The number of aliphatic imine (C=N–C) groups is 1. The predicted molar refractivity (Wildman–Crippen MR) is 277 cm³/mol. The number of rotatable bonds is 5. The first-order valence-electron chi connectivity index (χ1n) is 23.7. The Kier molecular flexibility index (Phi) is 8.50. The third-order valence-corrected chi connectivity index (χ3v) is 14.9. The second kappa shape index (κ2) is 14.9. The molecule has 1 aliphatic heterocycles. The SMILES string of the molecule is CC1(C)c2ccccc2C2(c3ccc(C4=Nc5c(oc6ccccc56)C(c5ccc6ccccc6c5)N4)cc3-c3c(-c4nc(-c5ccccc5)nc(-c5ccccc5)n4)cccc32)c2ccccc21. The number of hydrogen-bond donors (Lipinski definition) is 1. The highest BCUT2D eigenvalue weighted by molar-refractivity contribution is 6.08. The van der Waals surface area contributed by atoms with Crippen LogP contribution in [0.5, 0.6) is 0 Å². The van der Waals surface area contributed by atoms with E-state index >= 15 is 0 Å². The van der Waals surface area contributed by atoms with Crippen molar-refractivity contribution < 1.29 is 4.42 Å². The van der Waals surface area contributed by atoms with Crippen LogP contribution in [-0.2, 0) is 10.8 Å². The highest BCUT2D eigenvalue weighted by Gasteiger charge is 2.54. The van der Waals surface area contributed by atoms with Crippen LogP contribution in [0, 0.1) is 0 Å². The Bertz CT molecular complexity index is 3820. The van der Waals surface area contributed by atoms with Crippen LogP contribution in [0.2, 0.25) is 0 Å². The molecule has 69 heavy (non-hydrogen) atoms. The molecule has 2 aliphatic carbocycles. The molecular weight excluding hydrogens is 843 g/mol. The molecule has 6 heteroatoms. The van der Waals surface area contributed by atoms with Crippen LogP contribution < -0.4 is 5.32 Å². The molecule has 0 saturated carbocycles. The summed E-state index contributed by atoms with van der Waals surface area (Å²) in [4.78, 5) is 21.3. The highest BCUT2D eigenvalue weighted by Crippen LogP contribution is 2.63. The first kappa shape index (κ1) is 39.4. The molecule has 1 spiro atoms. The largest absolute Gasteiger partial charge is 0.456 e. The van der Waals surface area contributed by atoms with Gasteiger partial charge < -0.3 is 9.73 Å². The molecule has 14 rings (SSSR count). The first-order valence-corrected chi connectivity index (χ1v) is 23.7. The van der Waals surface area contributed by atoms with Gasteiger partial charge in [0.15, 0.2) is 23.2 Å². The lowest BCUT2D eigenvalue weighted by atomic mass is 9.55. The molecular formula is C63H43N5O. The maximum Gasteiger partial charge on any atom is 0.164 e. The Labute approximate surface area is 399 Å². The van der Waals surface area contributed by atoms with Gasteiger partial charge in [-0.05, 0) is 85.1 Å². The topological polar surface area (TPSA) is 76.2 Å². The number of amidine groups is 1. The predicted octanol–water partition coefficient (Wildman–Crippen LogP) is 14.5. The van der Waals surface area contributed by atoms with Crippen molar-refractivity contribution in [1.29, 1.82) is 0 Å². The molecule has 0 fully saturated rings. The number of para-hydroxylation sites is 1. The molecule has 1 unspecified atom stereocenters. The lowest BCUT2D eigenvalue weighted by Gasteiger charge is -2.46. The third kappa shape index (κ3) is 5.79. The summed E-state index contributed by atoms with van der Waals surface area (Å²) in [7, 11) is 0. The monoisotopic (exact) mass is 885 g/mol. The van der Waals surface area contributed by atoms with Crippen LogP contribution in [0.3, 0.4) is 0 Å². The zero-order valence-corrected chi connectivity index (χ0v) is 38.0. The van der Waals surface area contributed by atoms with E-state index in [9.17, 15) is 0 Å². The van der Waals surface area contributed by atoms with Gasteiger partial charge in [-0.3, -0.25) is 0 Å². The molecule has 9 aromatic carbocycles. The number of nitrogens with zero attached hydrogens (tertiary/aromatic N) is 4. The Morgan fingerprint density at radius 1 is 0.449 bits per heavy atom. The molecule has 2 aromatic heterocycles. The van der Waals surface area contributed by atoms with Gasteiger partial charge in [0, 0.05) is 33.1 Å². The summed E-state index contributed by atoms with van der Waals surface area (Å²) in [5.41, 5.74) is 15.4. The lowest BCUT2D eigenvalue weighted by molar-refractivity contribution is 0.504. The summed E-state index contributed by atoms with van der Waals surface area (Å²) in [5.74, 6) is 3.44. The van der Waals surface area contributed by atoms with Gasteiger partial charge in [0.05, 0.1) is 5.41 Å². The van der Waals surface area contributed by atoms with E-state index in [1.807, 2.05) is 48.5 Å². The van der Waals surface area contributed by atoms with Crippen LogP contribution >= 0.6 is 0 Å². The minimum atomic E-state index is -0.650. The van der Waals surface area contributed by atoms with Crippen molar-refractivity contribution in [3.8, 4) is 45.3 Å². The summed E-state index contributed by atoms with van der Waals surface area (Å²) in [5, 5.41) is 7.27. The van der Waals surface area contributed by atoms with Crippen molar-refractivity contribution in [3.63, 3.8) is 0 Å². The van der Waals surface area contributed by atoms with Crippen molar-refractivity contribution in [3.05, 3.63) is 263 Å². The lowest BCUT2D eigenvalue weighted by Crippen LogP contribution is -2.40. The number of aromatic nitrogens is 3. The Balaban J connectivity index is 1.04. The van der Waals surface area contributed by atoms with Gasteiger partial charge in [-0.15, -0.1) is 0 Å². The maximum absolute atomic E-state index is 6.69. The van der Waals surface area contributed by atoms with E-state index in [0.29, 0.717) is 17.5 Å². The van der Waals surface area contributed by atoms with E-state index < -0.39 is 5.41 Å². The van der Waals surface area contributed by atoms with Crippen molar-refractivity contribution in [1.82, 2.24) is 20.3 Å². The summed E-state index contributed by atoms with van der Waals surface area (Å²) >= 11 is 0. The summed E-state index contributed by atoms with van der Waals surface area (Å²) in [6.45, 7) is 4.73. The van der Waals surface area contributed by atoms with Gasteiger partial charge >= 0.3 is 0 Å². The van der Waals surface area contributed by atoms with Crippen LogP contribution in [-0.4, -0.2) is 20.8 Å². The number of fused-ring (bicyclic) bond motifs is 13. The quantitative estimate of drug-likeness (QED) is 0.186. The van der Waals surface area contributed by atoms with Crippen molar-refractivity contribution in [2.75, 3.05) is 0 Å².